The van der Waals surface area contributed by atoms with Crippen molar-refractivity contribution in [3.05, 3.63) is 0 Å². The number of nitrogens with two attached hydrogens (primary N) is 1. The Balaban J connectivity index is 3.93. The highest BCUT2D eigenvalue weighted by Crippen LogP contribution is 2.02. The average molecular weight is 236 g/mol. The minimum absolute atomic E-state index is 0.227. The van der Waals surface area contributed by atoms with E-state index in [1.54, 1.807) is 0 Å². The Morgan fingerprint density at radius 2 is 2.00 bits per heavy atom. The van der Waals surface area contributed by atoms with Crippen molar-refractivity contribution in [3.63, 3.8) is 0 Å². The van der Waals surface area contributed by atoms with Crippen molar-refractivity contribution in [2.24, 2.45) is 11.7 Å². The van der Waals surface area contributed by atoms with Crippen LogP contribution in [0.5, 0.6) is 0 Å². The van der Waals surface area contributed by atoms with Gasteiger partial charge in [0.25, 0.3) is 0 Å². The maximum absolute atomic E-state index is 11.0. The first-order chi connectivity index (χ1) is 6.85. The van der Waals surface area contributed by atoms with Crippen molar-refractivity contribution in [1.82, 2.24) is 4.90 Å². The average Bonchev–Trinajstić information content (AvgIpc) is 2.08. The molecule has 4 nitrogen and oxygen atoms in total. The third-order valence-corrected chi connectivity index (χ3v) is 3.01. The van der Waals surface area contributed by atoms with Gasteiger partial charge in [-0.2, -0.15) is 0 Å². The summed E-state index contributed by atoms with van der Waals surface area (Å²) in [4.78, 5) is 2.13. The first kappa shape index (κ1) is 14.9. The lowest BCUT2D eigenvalue weighted by atomic mass is 10.1. The normalized spacial score (nSPS) is 15.9. The van der Waals surface area contributed by atoms with Crippen LogP contribution in [0.3, 0.4) is 0 Å². The van der Waals surface area contributed by atoms with Crippen molar-refractivity contribution >= 4 is 15.7 Å². The lowest BCUT2D eigenvalue weighted by Gasteiger charge is -2.22. The van der Waals surface area contributed by atoms with Crippen LogP contribution in [0.15, 0.2) is 0 Å². The summed E-state index contributed by atoms with van der Waals surface area (Å²) in [5.41, 5.74) is 5.48. The van der Waals surface area contributed by atoms with Gasteiger partial charge in [0.15, 0.2) is 0 Å². The van der Waals surface area contributed by atoms with E-state index in [4.69, 9.17) is 10.3 Å². The van der Waals surface area contributed by atoms with Gasteiger partial charge < -0.3 is 15.2 Å². The van der Waals surface area contributed by atoms with E-state index in [9.17, 15) is 4.21 Å². The fourth-order valence-corrected chi connectivity index (χ4v) is 1.77. The summed E-state index contributed by atoms with van der Waals surface area (Å²) in [7, 11) is -2.86. The van der Waals surface area contributed by atoms with E-state index in [0.29, 0.717) is 19.0 Å². The summed E-state index contributed by atoms with van der Waals surface area (Å²) in [5.74, 6) is 4.09. The van der Waals surface area contributed by atoms with Crippen molar-refractivity contribution in [2.75, 3.05) is 31.9 Å². The predicted octanol–water partition coefficient (Wildman–Crippen LogP) is 0.483. The minimum atomic E-state index is -2.86. The van der Waals surface area contributed by atoms with Crippen LogP contribution in [0.1, 0.15) is 20.3 Å². The molecule has 1 unspecified atom stereocenters. The molecule has 1 atom stereocenters. The first-order valence-electron chi connectivity index (χ1n) is 5.35. The zero-order valence-electron chi connectivity index (χ0n) is 9.82. The molecule has 0 aliphatic carbocycles. The zero-order chi connectivity index (χ0) is 11.9. The van der Waals surface area contributed by atoms with Gasteiger partial charge >= 0.3 is 0 Å². The summed E-state index contributed by atoms with van der Waals surface area (Å²) in [6.07, 6.45) is 1.09. The van der Waals surface area contributed by atoms with Crippen LogP contribution in [-0.2, 0) is 9.80 Å². The molecule has 0 rings (SSSR count). The Hall–Kier alpha value is -0.100. The van der Waals surface area contributed by atoms with Crippen molar-refractivity contribution < 1.29 is 8.76 Å². The Morgan fingerprint density at radius 1 is 1.40 bits per heavy atom. The minimum Gasteiger partial charge on any atom is -0.329 e. The van der Waals surface area contributed by atoms with Gasteiger partial charge in [-0.1, -0.05) is 13.8 Å². The molecule has 15 heavy (non-hydrogen) atoms. The van der Waals surface area contributed by atoms with Crippen molar-refractivity contribution in [3.8, 4) is 0 Å². The van der Waals surface area contributed by atoms with E-state index in [-0.39, 0.29) is 5.75 Å². The summed E-state index contributed by atoms with van der Waals surface area (Å²) >= 11 is 0. The molecule has 0 aliphatic heterocycles. The number of hydrogen-bond acceptors (Lipinski definition) is 3. The first-order valence-corrected chi connectivity index (χ1v) is 7.20. The lowest BCUT2D eigenvalue weighted by molar-refractivity contribution is 0.277. The molecule has 0 radical (unpaired) electrons. The van der Waals surface area contributed by atoms with E-state index in [1.807, 2.05) is 0 Å². The molecule has 0 heterocycles. The molecule has 3 N–H and O–H groups in total. The molecule has 0 amide bonds. The molecule has 5 heteroatoms. The van der Waals surface area contributed by atoms with Crippen LogP contribution in [0.25, 0.3) is 0 Å². The number of rotatable bonds is 8. The van der Waals surface area contributed by atoms with Gasteiger partial charge in [-0.25, -0.2) is 4.21 Å². The van der Waals surface area contributed by atoms with Crippen molar-refractivity contribution in [1.29, 1.82) is 0 Å². The largest absolute Gasteiger partial charge is 0.329 e. The van der Waals surface area contributed by atoms with Gasteiger partial charge in [-0.05, 0) is 24.8 Å². The molecule has 0 aromatic heterocycles. The third-order valence-electron chi connectivity index (χ3n) is 2.19. The van der Waals surface area contributed by atoms with Gasteiger partial charge in [0.05, 0.1) is 15.6 Å². The van der Waals surface area contributed by atoms with Gasteiger partial charge in [0.1, 0.15) is 0 Å². The van der Waals surface area contributed by atoms with Crippen LogP contribution in [0.4, 0.5) is 0 Å². The van der Waals surface area contributed by atoms with Crippen LogP contribution >= 0.6 is 0 Å². The van der Waals surface area contributed by atoms with E-state index < -0.39 is 9.80 Å². The summed E-state index contributed by atoms with van der Waals surface area (Å²) in [5, 5.41) is 0. The Labute approximate surface area is 93.7 Å². The molecule has 0 aliphatic rings. The molecule has 0 saturated heterocycles. The molecule has 0 aromatic rings. The summed E-state index contributed by atoms with van der Waals surface area (Å²) in [6, 6.07) is 0. The van der Waals surface area contributed by atoms with E-state index >= 15 is 0 Å². The second kappa shape index (κ2) is 7.22. The lowest BCUT2D eigenvalue weighted by Crippen LogP contribution is -2.34. The molecule has 0 bridgehead atoms. The molecule has 0 fully saturated rings. The molecular weight excluding hydrogens is 212 g/mol. The molecule has 92 valence electrons. The van der Waals surface area contributed by atoms with Gasteiger partial charge in [-0.15, -0.1) is 0 Å². The molecule has 0 aromatic carbocycles. The van der Waals surface area contributed by atoms with E-state index in [0.717, 1.165) is 19.5 Å². The Bertz CT molecular complexity index is 250. The number of nitrogens with zero attached hydrogens (tertiary/aromatic N) is 1. The highest BCUT2D eigenvalue weighted by molar-refractivity contribution is 7.95. The predicted molar refractivity (Wildman–Crippen MR) is 67.7 cm³/mol. The quantitative estimate of drug-likeness (QED) is 0.602. The second-order valence-electron chi connectivity index (χ2n) is 4.29. The highest BCUT2D eigenvalue weighted by Gasteiger charge is 2.07. The van der Waals surface area contributed by atoms with E-state index in [2.05, 4.69) is 24.6 Å². The van der Waals surface area contributed by atoms with Gasteiger partial charge in [0, 0.05) is 19.6 Å². The summed E-state index contributed by atoms with van der Waals surface area (Å²) < 4.78 is 20.1. The Kier molecular flexibility index (Phi) is 7.17. The standard InChI is InChI=1S/C10H24N2O2S/c1-10(2)4-6-12(7-5-11)8-9-15(3,13)14/h10H,3-9,11H2,1-2H3,(H,13,14). The Morgan fingerprint density at radius 3 is 2.40 bits per heavy atom. The monoisotopic (exact) mass is 236 g/mol. The van der Waals surface area contributed by atoms with E-state index in [1.165, 1.54) is 0 Å². The summed E-state index contributed by atoms with van der Waals surface area (Å²) in [6.45, 7) is 7.23. The fourth-order valence-electron chi connectivity index (χ4n) is 1.23. The maximum atomic E-state index is 11.0. The van der Waals surface area contributed by atoms with Gasteiger partial charge in [0.2, 0.25) is 0 Å². The topological polar surface area (TPSA) is 66.6 Å². The molecule has 0 saturated carbocycles. The molecular formula is C10H24N2O2S. The maximum Gasteiger partial charge on any atom is 0.0758 e. The second-order valence-corrected chi connectivity index (χ2v) is 6.24. The van der Waals surface area contributed by atoms with Crippen molar-refractivity contribution in [2.45, 2.75) is 20.3 Å². The third kappa shape index (κ3) is 10.2. The van der Waals surface area contributed by atoms with Crippen LogP contribution in [0, 0.1) is 5.92 Å². The van der Waals surface area contributed by atoms with Crippen LogP contribution in [-0.4, -0.2) is 51.5 Å². The highest BCUT2D eigenvalue weighted by atomic mass is 32.2. The van der Waals surface area contributed by atoms with Gasteiger partial charge in [-0.3, -0.25) is 0 Å². The fraction of sp³-hybridized carbons (Fsp3) is 0.900. The SMILES string of the molecule is C=S(=O)(O)CCN(CCN)CCC(C)C. The van der Waals surface area contributed by atoms with Crippen LogP contribution < -0.4 is 5.73 Å². The molecule has 0 spiro atoms. The smallest absolute Gasteiger partial charge is 0.0758 e. The van der Waals surface area contributed by atoms with Crippen LogP contribution in [0.2, 0.25) is 0 Å². The zero-order valence-corrected chi connectivity index (χ0v) is 10.6. The number of hydrogen-bond donors (Lipinski definition) is 2.